The number of hydrogen-bond acceptors (Lipinski definition) is 3. The lowest BCUT2D eigenvalue weighted by molar-refractivity contribution is -0.175. The quantitative estimate of drug-likeness (QED) is 0.490. The number of ether oxygens (including phenoxy) is 1. The molecule has 0 aliphatic heterocycles. The van der Waals surface area contributed by atoms with Gasteiger partial charge in [0.15, 0.2) is 0 Å². The number of unbranched alkanes of at least 4 members (excludes halogenated alkanes) is 2. The fourth-order valence-corrected chi connectivity index (χ4v) is 5.14. The first kappa shape index (κ1) is 19.3. The predicted octanol–water partition coefficient (Wildman–Crippen LogP) is 4.66. The van der Waals surface area contributed by atoms with Crippen LogP contribution < -0.4 is 0 Å². The van der Waals surface area contributed by atoms with Crippen LogP contribution in [0.15, 0.2) is 0 Å². The Balaban J connectivity index is 2.12. The minimum atomic E-state index is -0.819. The third-order valence-corrected chi connectivity index (χ3v) is 6.74. The zero-order valence-electron chi connectivity index (χ0n) is 15.7. The van der Waals surface area contributed by atoms with Crippen molar-refractivity contribution in [1.29, 1.82) is 0 Å². The van der Waals surface area contributed by atoms with Gasteiger partial charge in [-0.15, -0.1) is 0 Å². The van der Waals surface area contributed by atoms with Crippen molar-refractivity contribution in [2.24, 2.45) is 29.6 Å². The Morgan fingerprint density at radius 2 is 1.75 bits per heavy atom. The average molecular weight is 338 g/mol. The molecule has 5 unspecified atom stereocenters. The number of aliphatic carboxylic acids is 1. The summed E-state index contributed by atoms with van der Waals surface area (Å²) < 4.78 is 6.05. The first-order valence-electron chi connectivity index (χ1n) is 9.84. The van der Waals surface area contributed by atoms with E-state index < -0.39 is 23.4 Å². The number of carboxylic acid groups (broad SMARTS) is 1. The molecule has 138 valence electrons. The summed E-state index contributed by atoms with van der Waals surface area (Å²) in [4.78, 5) is 24.7. The van der Waals surface area contributed by atoms with Crippen LogP contribution in [0, 0.1) is 29.6 Å². The summed E-state index contributed by atoms with van der Waals surface area (Å²) >= 11 is 0. The Morgan fingerprint density at radius 1 is 1.08 bits per heavy atom. The second-order valence-corrected chi connectivity index (χ2v) is 8.03. The van der Waals surface area contributed by atoms with Crippen molar-refractivity contribution in [3.8, 4) is 0 Å². The van der Waals surface area contributed by atoms with Gasteiger partial charge in [0, 0.05) is 0 Å². The summed E-state index contributed by atoms with van der Waals surface area (Å²) in [6, 6.07) is 0. The molecule has 0 aromatic carbocycles. The topological polar surface area (TPSA) is 63.6 Å². The molecule has 4 heteroatoms. The highest BCUT2D eigenvalue weighted by Gasteiger charge is 2.58. The van der Waals surface area contributed by atoms with Gasteiger partial charge >= 0.3 is 11.9 Å². The maximum absolute atomic E-state index is 13.0. The molecule has 0 radical (unpaired) electrons. The second kappa shape index (κ2) is 7.88. The summed E-state index contributed by atoms with van der Waals surface area (Å²) in [6.07, 6.45) is 7.63. The lowest BCUT2D eigenvalue weighted by atomic mass is 9.74. The van der Waals surface area contributed by atoms with Gasteiger partial charge in [-0.3, -0.25) is 9.59 Å². The van der Waals surface area contributed by atoms with Crippen LogP contribution in [-0.4, -0.2) is 22.6 Å². The normalized spacial score (nSPS) is 32.1. The Bertz CT molecular complexity index is 455. The van der Waals surface area contributed by atoms with E-state index in [1.165, 1.54) is 0 Å². The number of rotatable bonds is 9. The minimum absolute atomic E-state index is 0.151. The third-order valence-electron chi connectivity index (χ3n) is 6.74. The molecule has 24 heavy (non-hydrogen) atoms. The number of carbonyl (C=O) groups is 2. The molecule has 2 aliphatic carbocycles. The second-order valence-electron chi connectivity index (χ2n) is 8.03. The number of fused-ring (bicyclic) bond motifs is 2. The van der Waals surface area contributed by atoms with Crippen molar-refractivity contribution in [1.82, 2.24) is 0 Å². The highest BCUT2D eigenvalue weighted by atomic mass is 16.6. The van der Waals surface area contributed by atoms with Crippen molar-refractivity contribution in [2.75, 3.05) is 0 Å². The van der Waals surface area contributed by atoms with Gasteiger partial charge in [0.05, 0.1) is 11.8 Å². The molecule has 0 heterocycles. The van der Waals surface area contributed by atoms with Crippen LogP contribution in [0.4, 0.5) is 0 Å². The summed E-state index contributed by atoms with van der Waals surface area (Å²) in [5, 5.41) is 9.62. The first-order valence-corrected chi connectivity index (χ1v) is 9.84. The molecular weight excluding hydrogens is 304 g/mol. The van der Waals surface area contributed by atoms with Crippen molar-refractivity contribution in [2.45, 2.75) is 84.7 Å². The van der Waals surface area contributed by atoms with Gasteiger partial charge in [0.1, 0.15) is 5.60 Å². The summed E-state index contributed by atoms with van der Waals surface area (Å²) in [5.74, 6) is -1.28. The monoisotopic (exact) mass is 338 g/mol. The largest absolute Gasteiger partial charge is 0.481 e. The summed E-state index contributed by atoms with van der Waals surface area (Å²) in [5.41, 5.74) is -0.416. The standard InChI is InChI=1S/C20H34O4/c1-5-8-9-10-20(6-2,7-3)24-19(23)17-15-12-14(11-13(15)4)16(17)18(21)22/h13-17H,5-12H2,1-4H3,(H,21,22). The predicted molar refractivity (Wildman–Crippen MR) is 93.5 cm³/mol. The SMILES string of the molecule is CCCCCC(CC)(CC)OC(=O)C1C2CC(CC2C)C1C(=O)O. The number of esters is 1. The zero-order chi connectivity index (χ0) is 17.9. The Morgan fingerprint density at radius 3 is 2.29 bits per heavy atom. The molecule has 0 spiro atoms. The van der Waals surface area contributed by atoms with E-state index in [-0.39, 0.29) is 17.8 Å². The zero-order valence-corrected chi connectivity index (χ0v) is 15.7. The molecule has 5 atom stereocenters. The van der Waals surface area contributed by atoms with E-state index in [2.05, 4.69) is 27.7 Å². The molecule has 2 fully saturated rings. The molecule has 2 rings (SSSR count). The smallest absolute Gasteiger partial charge is 0.310 e. The molecule has 0 amide bonds. The molecule has 0 aromatic heterocycles. The van der Waals surface area contributed by atoms with E-state index in [9.17, 15) is 14.7 Å². The number of hydrogen-bond donors (Lipinski definition) is 1. The van der Waals surface area contributed by atoms with Crippen molar-refractivity contribution in [3.05, 3.63) is 0 Å². The Hall–Kier alpha value is -1.06. The molecular formula is C20H34O4. The molecule has 0 aromatic rings. The maximum Gasteiger partial charge on any atom is 0.310 e. The van der Waals surface area contributed by atoms with Crippen LogP contribution in [0.3, 0.4) is 0 Å². The van der Waals surface area contributed by atoms with Crippen molar-refractivity contribution >= 4 is 11.9 Å². The number of carboxylic acids is 1. The van der Waals surface area contributed by atoms with Crippen LogP contribution in [0.1, 0.15) is 79.1 Å². The van der Waals surface area contributed by atoms with Gasteiger partial charge in [-0.05, 0) is 56.3 Å². The Kier molecular flexibility index (Phi) is 6.33. The average Bonchev–Trinajstić information content (AvgIpc) is 3.10. The third kappa shape index (κ3) is 3.62. The van der Waals surface area contributed by atoms with Crippen LogP contribution in [-0.2, 0) is 14.3 Å². The van der Waals surface area contributed by atoms with E-state index in [1.54, 1.807) is 0 Å². The van der Waals surface area contributed by atoms with Crippen LogP contribution in [0.2, 0.25) is 0 Å². The van der Waals surface area contributed by atoms with Crippen molar-refractivity contribution < 1.29 is 19.4 Å². The fourth-order valence-electron chi connectivity index (χ4n) is 5.14. The molecule has 1 N–H and O–H groups in total. The lowest BCUT2D eigenvalue weighted by Gasteiger charge is -2.36. The lowest BCUT2D eigenvalue weighted by Crippen LogP contribution is -2.43. The van der Waals surface area contributed by atoms with Gasteiger partial charge in [0.25, 0.3) is 0 Å². The summed E-state index contributed by atoms with van der Waals surface area (Å²) in [7, 11) is 0. The van der Waals surface area contributed by atoms with Gasteiger partial charge in [0.2, 0.25) is 0 Å². The van der Waals surface area contributed by atoms with E-state index in [0.29, 0.717) is 5.92 Å². The van der Waals surface area contributed by atoms with E-state index in [0.717, 1.165) is 51.4 Å². The maximum atomic E-state index is 13.0. The highest BCUT2D eigenvalue weighted by Crippen LogP contribution is 2.56. The molecule has 4 nitrogen and oxygen atoms in total. The highest BCUT2D eigenvalue weighted by molar-refractivity contribution is 5.83. The van der Waals surface area contributed by atoms with E-state index in [4.69, 9.17) is 4.74 Å². The minimum Gasteiger partial charge on any atom is -0.481 e. The van der Waals surface area contributed by atoms with E-state index >= 15 is 0 Å². The van der Waals surface area contributed by atoms with Gasteiger partial charge in [-0.1, -0.05) is 40.5 Å². The first-order chi connectivity index (χ1) is 11.4. The molecule has 2 saturated carbocycles. The molecule has 2 aliphatic rings. The Labute approximate surface area is 146 Å². The van der Waals surface area contributed by atoms with Gasteiger partial charge < -0.3 is 9.84 Å². The van der Waals surface area contributed by atoms with Gasteiger partial charge in [-0.2, -0.15) is 0 Å². The van der Waals surface area contributed by atoms with Crippen LogP contribution >= 0.6 is 0 Å². The molecule has 2 bridgehead atoms. The van der Waals surface area contributed by atoms with Gasteiger partial charge in [-0.25, -0.2) is 0 Å². The summed E-state index contributed by atoms with van der Waals surface area (Å²) in [6.45, 7) is 8.46. The number of carbonyl (C=O) groups excluding carboxylic acids is 1. The fraction of sp³-hybridized carbons (Fsp3) is 0.900. The van der Waals surface area contributed by atoms with E-state index in [1.807, 2.05) is 0 Å². The van der Waals surface area contributed by atoms with Crippen LogP contribution in [0.5, 0.6) is 0 Å². The van der Waals surface area contributed by atoms with Crippen molar-refractivity contribution in [3.63, 3.8) is 0 Å². The molecule has 0 saturated heterocycles. The van der Waals surface area contributed by atoms with Crippen LogP contribution in [0.25, 0.3) is 0 Å².